The van der Waals surface area contributed by atoms with Crippen LogP contribution in [0.1, 0.15) is 59.8 Å². The van der Waals surface area contributed by atoms with Crippen molar-refractivity contribution in [1.82, 2.24) is 10.2 Å². The molecule has 17 heavy (non-hydrogen) atoms. The summed E-state index contributed by atoms with van der Waals surface area (Å²) in [4.78, 5) is 2.75. The van der Waals surface area contributed by atoms with Crippen molar-refractivity contribution < 1.29 is 0 Å². The van der Waals surface area contributed by atoms with Crippen LogP contribution in [-0.2, 0) is 0 Å². The third-order valence-electron chi connectivity index (χ3n) is 4.46. The van der Waals surface area contributed by atoms with Gasteiger partial charge in [-0.2, -0.15) is 0 Å². The van der Waals surface area contributed by atoms with Crippen molar-refractivity contribution in [2.45, 2.75) is 65.8 Å². The molecule has 0 aromatic heterocycles. The summed E-state index contributed by atoms with van der Waals surface area (Å²) in [5, 5.41) is 3.54. The van der Waals surface area contributed by atoms with E-state index >= 15 is 0 Å². The van der Waals surface area contributed by atoms with Crippen molar-refractivity contribution in [2.24, 2.45) is 5.41 Å². The summed E-state index contributed by atoms with van der Waals surface area (Å²) < 4.78 is 0. The fourth-order valence-corrected chi connectivity index (χ4v) is 2.94. The highest BCUT2D eigenvalue weighted by Gasteiger charge is 2.29. The lowest BCUT2D eigenvalue weighted by atomic mass is 9.85. The average molecular weight is 240 g/mol. The van der Waals surface area contributed by atoms with Gasteiger partial charge < -0.3 is 5.32 Å². The SMILES string of the molecule is CCNCC(C)(CC)CN1CCCCC1CC. The zero-order valence-electron chi connectivity index (χ0n) is 12.4. The van der Waals surface area contributed by atoms with Crippen molar-refractivity contribution in [3.8, 4) is 0 Å². The quantitative estimate of drug-likeness (QED) is 0.735. The highest BCUT2D eigenvalue weighted by Crippen LogP contribution is 2.27. The first-order chi connectivity index (χ1) is 8.15. The molecule has 0 radical (unpaired) electrons. The van der Waals surface area contributed by atoms with Gasteiger partial charge >= 0.3 is 0 Å². The number of hydrogen-bond acceptors (Lipinski definition) is 2. The number of nitrogens with zero attached hydrogens (tertiary/aromatic N) is 1. The van der Waals surface area contributed by atoms with E-state index in [-0.39, 0.29) is 0 Å². The molecule has 0 spiro atoms. The topological polar surface area (TPSA) is 15.3 Å². The molecule has 1 saturated heterocycles. The van der Waals surface area contributed by atoms with E-state index in [4.69, 9.17) is 0 Å². The van der Waals surface area contributed by atoms with E-state index in [0.717, 1.165) is 19.1 Å². The second-order valence-electron chi connectivity index (χ2n) is 5.97. The minimum atomic E-state index is 0.445. The number of likely N-dealkylation sites (tertiary alicyclic amines) is 1. The first-order valence-corrected chi connectivity index (χ1v) is 7.60. The molecule has 1 rings (SSSR count). The molecule has 2 atom stereocenters. The van der Waals surface area contributed by atoms with Gasteiger partial charge in [-0.25, -0.2) is 0 Å². The third kappa shape index (κ3) is 4.59. The van der Waals surface area contributed by atoms with Gasteiger partial charge in [0, 0.05) is 19.1 Å². The van der Waals surface area contributed by atoms with E-state index in [0.29, 0.717) is 5.41 Å². The predicted octanol–water partition coefficient (Wildman–Crippen LogP) is 3.28. The van der Waals surface area contributed by atoms with Crippen LogP contribution in [0.2, 0.25) is 0 Å². The van der Waals surface area contributed by atoms with Gasteiger partial charge in [0.05, 0.1) is 0 Å². The van der Waals surface area contributed by atoms with Crippen LogP contribution in [0.5, 0.6) is 0 Å². The van der Waals surface area contributed by atoms with Crippen molar-refractivity contribution in [2.75, 3.05) is 26.2 Å². The monoisotopic (exact) mass is 240 g/mol. The van der Waals surface area contributed by atoms with Crippen LogP contribution in [-0.4, -0.2) is 37.1 Å². The van der Waals surface area contributed by atoms with Gasteiger partial charge in [-0.05, 0) is 44.2 Å². The van der Waals surface area contributed by atoms with E-state index in [1.165, 1.54) is 45.2 Å². The highest BCUT2D eigenvalue weighted by atomic mass is 15.2. The smallest absolute Gasteiger partial charge is 0.00928 e. The minimum Gasteiger partial charge on any atom is -0.316 e. The van der Waals surface area contributed by atoms with Gasteiger partial charge in [0.2, 0.25) is 0 Å². The fourth-order valence-electron chi connectivity index (χ4n) is 2.94. The average Bonchev–Trinajstić information content (AvgIpc) is 2.37. The molecule has 1 aliphatic rings. The standard InChI is InChI=1S/C15H32N2/c1-5-14-10-8-9-11-17(14)13-15(4,6-2)12-16-7-3/h14,16H,5-13H2,1-4H3. The second kappa shape index (κ2) is 7.38. The van der Waals surface area contributed by atoms with E-state index in [1.807, 2.05) is 0 Å². The predicted molar refractivity (Wildman–Crippen MR) is 76.4 cm³/mol. The van der Waals surface area contributed by atoms with Crippen LogP contribution < -0.4 is 5.32 Å². The summed E-state index contributed by atoms with van der Waals surface area (Å²) in [6.07, 6.45) is 6.84. The largest absolute Gasteiger partial charge is 0.316 e. The minimum absolute atomic E-state index is 0.445. The maximum atomic E-state index is 3.54. The summed E-state index contributed by atoms with van der Waals surface area (Å²) in [5.41, 5.74) is 0.445. The Hall–Kier alpha value is -0.0800. The van der Waals surface area contributed by atoms with Gasteiger partial charge in [0.15, 0.2) is 0 Å². The number of hydrogen-bond donors (Lipinski definition) is 1. The summed E-state index contributed by atoms with van der Waals surface area (Å²) in [5.74, 6) is 0. The van der Waals surface area contributed by atoms with Gasteiger partial charge in [-0.1, -0.05) is 34.1 Å². The molecule has 102 valence electrons. The maximum absolute atomic E-state index is 3.54. The van der Waals surface area contributed by atoms with E-state index in [9.17, 15) is 0 Å². The van der Waals surface area contributed by atoms with Crippen molar-refractivity contribution >= 4 is 0 Å². The molecule has 0 aliphatic carbocycles. The molecule has 0 saturated carbocycles. The second-order valence-corrected chi connectivity index (χ2v) is 5.97. The van der Waals surface area contributed by atoms with Crippen LogP contribution in [0, 0.1) is 5.41 Å². The molecule has 0 amide bonds. The summed E-state index contributed by atoms with van der Waals surface area (Å²) in [6.45, 7) is 14.2. The van der Waals surface area contributed by atoms with Gasteiger partial charge in [0.1, 0.15) is 0 Å². The molecule has 1 aliphatic heterocycles. The zero-order valence-corrected chi connectivity index (χ0v) is 12.4. The first kappa shape index (κ1) is 15.0. The van der Waals surface area contributed by atoms with Gasteiger partial charge in [-0.15, -0.1) is 0 Å². The molecule has 2 unspecified atom stereocenters. The van der Waals surface area contributed by atoms with E-state index in [2.05, 4.69) is 37.9 Å². The lowest BCUT2D eigenvalue weighted by Gasteiger charge is -2.41. The molecule has 1 heterocycles. The Balaban J connectivity index is 2.52. The van der Waals surface area contributed by atoms with Gasteiger partial charge in [-0.3, -0.25) is 4.90 Å². The van der Waals surface area contributed by atoms with Gasteiger partial charge in [0.25, 0.3) is 0 Å². The van der Waals surface area contributed by atoms with Crippen LogP contribution in [0.25, 0.3) is 0 Å². The van der Waals surface area contributed by atoms with E-state index < -0.39 is 0 Å². The van der Waals surface area contributed by atoms with Crippen LogP contribution in [0.3, 0.4) is 0 Å². The van der Waals surface area contributed by atoms with Crippen LogP contribution >= 0.6 is 0 Å². The summed E-state index contributed by atoms with van der Waals surface area (Å²) in [7, 11) is 0. The highest BCUT2D eigenvalue weighted by molar-refractivity contribution is 4.84. The number of piperidine rings is 1. The summed E-state index contributed by atoms with van der Waals surface area (Å²) >= 11 is 0. The molecule has 0 bridgehead atoms. The molecular formula is C15H32N2. The molecule has 1 N–H and O–H groups in total. The zero-order chi connectivity index (χ0) is 12.7. The van der Waals surface area contributed by atoms with Crippen molar-refractivity contribution in [3.63, 3.8) is 0 Å². The van der Waals surface area contributed by atoms with Crippen molar-refractivity contribution in [1.29, 1.82) is 0 Å². The Kier molecular flexibility index (Phi) is 6.50. The molecule has 0 aromatic carbocycles. The lowest BCUT2D eigenvalue weighted by molar-refractivity contribution is 0.0829. The fraction of sp³-hybridized carbons (Fsp3) is 1.00. The van der Waals surface area contributed by atoms with E-state index in [1.54, 1.807) is 0 Å². The summed E-state index contributed by atoms with van der Waals surface area (Å²) in [6, 6.07) is 0.844. The normalized spacial score (nSPS) is 25.8. The Morgan fingerprint density at radius 1 is 1.24 bits per heavy atom. The molecular weight excluding hydrogens is 208 g/mol. The van der Waals surface area contributed by atoms with Crippen LogP contribution in [0.15, 0.2) is 0 Å². The molecule has 0 aromatic rings. The Bertz CT molecular complexity index is 205. The maximum Gasteiger partial charge on any atom is 0.00928 e. The molecule has 2 heteroatoms. The number of rotatable bonds is 7. The molecule has 1 fully saturated rings. The third-order valence-corrected chi connectivity index (χ3v) is 4.46. The lowest BCUT2D eigenvalue weighted by Crippen LogP contribution is -2.48. The van der Waals surface area contributed by atoms with Crippen LogP contribution in [0.4, 0.5) is 0 Å². The number of nitrogens with one attached hydrogen (secondary N) is 1. The van der Waals surface area contributed by atoms with Crippen molar-refractivity contribution in [3.05, 3.63) is 0 Å². The Labute approximate surface area is 108 Å². The first-order valence-electron chi connectivity index (χ1n) is 7.60. The Morgan fingerprint density at radius 2 is 2.00 bits per heavy atom. The Morgan fingerprint density at radius 3 is 2.59 bits per heavy atom. The molecule has 2 nitrogen and oxygen atoms in total.